The molecular weight excluding hydrogens is 325 g/mol. The van der Waals surface area contributed by atoms with Gasteiger partial charge in [0.1, 0.15) is 5.75 Å². The van der Waals surface area contributed by atoms with Crippen molar-refractivity contribution in [2.24, 2.45) is 5.92 Å². The third-order valence-electron chi connectivity index (χ3n) is 3.42. The van der Waals surface area contributed by atoms with E-state index in [1.165, 1.54) is 12.1 Å². The van der Waals surface area contributed by atoms with Crippen LogP contribution in [0, 0.1) is 12.8 Å². The first kappa shape index (κ1) is 20.1. The molecule has 0 saturated heterocycles. The summed E-state index contributed by atoms with van der Waals surface area (Å²) in [6, 6.07) is 3.97. The maximum absolute atomic E-state index is 12.2. The van der Waals surface area contributed by atoms with Crippen LogP contribution in [-0.4, -0.2) is 36.6 Å². The van der Waals surface area contributed by atoms with Gasteiger partial charge in [-0.3, -0.25) is 0 Å². The zero-order chi connectivity index (χ0) is 18.3. The number of ether oxygens (including phenoxy) is 1. The number of aliphatic hydroxyl groups is 1. The molecule has 0 aliphatic rings. The fourth-order valence-electron chi connectivity index (χ4n) is 1.90. The molecule has 0 heterocycles. The lowest BCUT2D eigenvalue weighted by Gasteiger charge is -2.16. The van der Waals surface area contributed by atoms with Crippen molar-refractivity contribution in [1.29, 1.82) is 0 Å². The number of hydrogen-bond donors (Lipinski definition) is 3. The Labute approximate surface area is 139 Å². The number of nitrogens with one attached hydrogen (secondary N) is 2. The van der Waals surface area contributed by atoms with Gasteiger partial charge in [-0.05, 0) is 31.4 Å². The van der Waals surface area contributed by atoms with Crippen LogP contribution in [0.4, 0.5) is 23.7 Å². The molecule has 8 heteroatoms. The molecule has 0 spiro atoms. The largest absolute Gasteiger partial charge is 0.484 e. The van der Waals surface area contributed by atoms with Crippen LogP contribution in [0.15, 0.2) is 18.2 Å². The van der Waals surface area contributed by atoms with E-state index < -0.39 is 24.9 Å². The van der Waals surface area contributed by atoms with Crippen LogP contribution in [0.3, 0.4) is 0 Å². The minimum absolute atomic E-state index is 0.0559. The summed E-state index contributed by atoms with van der Waals surface area (Å²) in [6.07, 6.45) is -4.52. The Bertz CT molecular complexity index is 548. The van der Waals surface area contributed by atoms with E-state index in [1.807, 2.05) is 13.8 Å². The van der Waals surface area contributed by atoms with Gasteiger partial charge in [0.15, 0.2) is 6.61 Å². The third kappa shape index (κ3) is 7.08. The van der Waals surface area contributed by atoms with Gasteiger partial charge in [-0.1, -0.05) is 19.9 Å². The average molecular weight is 348 g/mol. The van der Waals surface area contributed by atoms with E-state index in [9.17, 15) is 23.1 Å². The first-order valence-corrected chi connectivity index (χ1v) is 7.62. The molecule has 1 atom stereocenters. The van der Waals surface area contributed by atoms with Gasteiger partial charge in [0.05, 0.1) is 6.10 Å². The van der Waals surface area contributed by atoms with E-state index in [-0.39, 0.29) is 18.2 Å². The predicted molar refractivity (Wildman–Crippen MR) is 85.2 cm³/mol. The highest BCUT2D eigenvalue weighted by Crippen LogP contribution is 2.27. The molecular formula is C16H23F3N2O3. The van der Waals surface area contributed by atoms with Crippen molar-refractivity contribution in [2.75, 3.05) is 18.5 Å². The van der Waals surface area contributed by atoms with Gasteiger partial charge in [0.25, 0.3) is 0 Å². The molecule has 1 unspecified atom stereocenters. The number of anilines is 1. The Morgan fingerprint density at radius 1 is 1.33 bits per heavy atom. The van der Waals surface area contributed by atoms with Gasteiger partial charge in [-0.25, -0.2) is 4.79 Å². The first-order valence-electron chi connectivity index (χ1n) is 7.62. The van der Waals surface area contributed by atoms with Crippen LogP contribution in [0.5, 0.6) is 5.75 Å². The molecule has 0 saturated carbocycles. The highest BCUT2D eigenvalue weighted by molar-refractivity contribution is 5.90. The van der Waals surface area contributed by atoms with Crippen molar-refractivity contribution < 1.29 is 27.8 Å². The van der Waals surface area contributed by atoms with E-state index in [0.29, 0.717) is 17.7 Å². The number of rotatable bonds is 7. The molecule has 1 aromatic carbocycles. The summed E-state index contributed by atoms with van der Waals surface area (Å²) in [7, 11) is 0. The summed E-state index contributed by atoms with van der Waals surface area (Å²) >= 11 is 0. The Hall–Kier alpha value is -1.96. The molecule has 136 valence electrons. The fraction of sp³-hybridized carbons (Fsp3) is 0.562. The summed E-state index contributed by atoms with van der Waals surface area (Å²) in [6.45, 7) is 4.20. The molecule has 0 aliphatic carbocycles. The Morgan fingerprint density at radius 2 is 2.00 bits per heavy atom. The number of alkyl halides is 3. The maximum atomic E-state index is 12.2. The van der Waals surface area contributed by atoms with Crippen LogP contribution >= 0.6 is 0 Å². The van der Waals surface area contributed by atoms with Gasteiger partial charge in [-0.2, -0.15) is 13.2 Å². The minimum atomic E-state index is -4.43. The molecule has 3 N–H and O–H groups in total. The number of hydrogen-bond acceptors (Lipinski definition) is 3. The SMILES string of the molecule is Cc1c(NC(=O)NCCC(O)C(C)C)cccc1OCC(F)(F)F. The maximum Gasteiger partial charge on any atom is 0.422 e. The second-order valence-electron chi connectivity index (χ2n) is 5.81. The smallest absolute Gasteiger partial charge is 0.422 e. The first-order chi connectivity index (χ1) is 11.1. The normalized spacial score (nSPS) is 12.8. The van der Waals surface area contributed by atoms with Crippen LogP contribution in [-0.2, 0) is 0 Å². The van der Waals surface area contributed by atoms with Gasteiger partial charge < -0.3 is 20.5 Å². The summed E-state index contributed by atoms with van der Waals surface area (Å²) < 4.78 is 41.4. The van der Waals surface area contributed by atoms with Crippen molar-refractivity contribution in [1.82, 2.24) is 5.32 Å². The summed E-state index contributed by atoms with van der Waals surface area (Å²) in [5, 5.41) is 14.8. The van der Waals surface area contributed by atoms with Crippen LogP contribution in [0.2, 0.25) is 0 Å². The monoisotopic (exact) mass is 348 g/mol. The topological polar surface area (TPSA) is 70.6 Å². The van der Waals surface area contributed by atoms with E-state index in [4.69, 9.17) is 4.74 Å². The van der Waals surface area contributed by atoms with E-state index in [1.54, 1.807) is 13.0 Å². The molecule has 0 aromatic heterocycles. The van der Waals surface area contributed by atoms with Crippen LogP contribution < -0.4 is 15.4 Å². The zero-order valence-corrected chi connectivity index (χ0v) is 13.9. The Morgan fingerprint density at radius 3 is 2.58 bits per heavy atom. The minimum Gasteiger partial charge on any atom is -0.484 e. The lowest BCUT2D eigenvalue weighted by molar-refractivity contribution is -0.153. The quantitative estimate of drug-likeness (QED) is 0.707. The molecule has 24 heavy (non-hydrogen) atoms. The van der Waals surface area contributed by atoms with Crippen molar-refractivity contribution in [3.63, 3.8) is 0 Å². The molecule has 1 rings (SSSR count). The van der Waals surface area contributed by atoms with Crippen molar-refractivity contribution >= 4 is 11.7 Å². The van der Waals surface area contributed by atoms with E-state index in [0.717, 1.165) is 0 Å². The second-order valence-corrected chi connectivity index (χ2v) is 5.81. The number of amides is 2. The van der Waals surface area contributed by atoms with Gasteiger partial charge in [-0.15, -0.1) is 0 Å². The molecule has 0 fully saturated rings. The predicted octanol–water partition coefficient (Wildman–Crippen LogP) is 3.46. The van der Waals surface area contributed by atoms with Gasteiger partial charge in [0.2, 0.25) is 0 Å². The molecule has 5 nitrogen and oxygen atoms in total. The molecule has 2 amide bonds. The number of aliphatic hydroxyl groups excluding tert-OH is 1. The van der Waals surface area contributed by atoms with Crippen molar-refractivity contribution in [3.05, 3.63) is 23.8 Å². The Balaban J connectivity index is 2.57. The van der Waals surface area contributed by atoms with Crippen LogP contribution in [0.1, 0.15) is 25.8 Å². The van der Waals surface area contributed by atoms with E-state index in [2.05, 4.69) is 10.6 Å². The number of urea groups is 1. The van der Waals surface area contributed by atoms with Gasteiger partial charge in [0, 0.05) is 17.8 Å². The molecule has 0 aliphatic heterocycles. The zero-order valence-electron chi connectivity index (χ0n) is 13.9. The van der Waals surface area contributed by atoms with Crippen molar-refractivity contribution in [3.8, 4) is 5.75 Å². The standard InChI is InChI=1S/C16H23F3N2O3/c1-10(2)13(22)7-8-20-15(23)21-12-5-4-6-14(11(12)3)24-9-16(17,18)19/h4-6,10,13,22H,7-9H2,1-3H3,(H2,20,21,23). The molecule has 1 aromatic rings. The highest BCUT2D eigenvalue weighted by Gasteiger charge is 2.28. The average Bonchev–Trinajstić information content (AvgIpc) is 2.47. The highest BCUT2D eigenvalue weighted by atomic mass is 19.4. The van der Waals surface area contributed by atoms with Crippen LogP contribution in [0.25, 0.3) is 0 Å². The lowest BCUT2D eigenvalue weighted by Crippen LogP contribution is -2.32. The van der Waals surface area contributed by atoms with Crippen molar-refractivity contribution in [2.45, 2.75) is 39.5 Å². The third-order valence-corrected chi connectivity index (χ3v) is 3.42. The number of halogens is 3. The molecule has 0 bridgehead atoms. The van der Waals surface area contributed by atoms with E-state index >= 15 is 0 Å². The van der Waals surface area contributed by atoms with Gasteiger partial charge >= 0.3 is 12.2 Å². The fourth-order valence-corrected chi connectivity index (χ4v) is 1.90. The Kier molecular flexibility index (Phi) is 7.34. The number of carbonyl (C=O) groups excluding carboxylic acids is 1. The lowest BCUT2D eigenvalue weighted by atomic mass is 10.0. The summed E-state index contributed by atoms with van der Waals surface area (Å²) in [4.78, 5) is 11.8. The summed E-state index contributed by atoms with van der Waals surface area (Å²) in [5.41, 5.74) is 0.760. The molecule has 0 radical (unpaired) electrons. The number of carbonyl (C=O) groups is 1. The second kappa shape index (κ2) is 8.77. The number of benzene rings is 1. The summed E-state index contributed by atoms with van der Waals surface area (Å²) in [5.74, 6) is 0.153.